The molecule has 0 spiro atoms. The lowest BCUT2D eigenvalue weighted by Gasteiger charge is -2.28. The molecule has 1 aromatic carbocycles. The third-order valence-corrected chi connectivity index (χ3v) is 5.48. The SMILES string of the molecule is CC(CNC(=O)CC(C)C1CCNCC1)Sc1ccccc1. The summed E-state index contributed by atoms with van der Waals surface area (Å²) in [6.45, 7) is 7.31. The van der Waals surface area contributed by atoms with Gasteiger partial charge in [0.15, 0.2) is 0 Å². The Morgan fingerprint density at radius 2 is 1.95 bits per heavy atom. The van der Waals surface area contributed by atoms with E-state index in [1.54, 1.807) is 0 Å². The third-order valence-electron chi connectivity index (χ3n) is 4.36. The lowest BCUT2D eigenvalue weighted by Crippen LogP contribution is -2.35. The second-order valence-electron chi connectivity index (χ2n) is 6.31. The van der Waals surface area contributed by atoms with Crippen LogP contribution in [0, 0.1) is 11.8 Å². The molecule has 2 unspecified atom stereocenters. The Balaban J connectivity index is 1.66. The standard InChI is InChI=1S/C18H28N2OS/c1-14(16-8-10-19-11-9-16)12-18(21)20-13-15(2)22-17-6-4-3-5-7-17/h3-7,14-16,19H,8-13H2,1-2H3,(H,20,21). The molecule has 1 aliphatic heterocycles. The molecule has 2 N–H and O–H groups in total. The zero-order chi connectivity index (χ0) is 15.8. The number of piperidine rings is 1. The lowest BCUT2D eigenvalue weighted by molar-refractivity contribution is -0.122. The first kappa shape index (κ1) is 17.4. The first-order valence-electron chi connectivity index (χ1n) is 8.34. The van der Waals surface area contributed by atoms with Crippen LogP contribution in [0.2, 0.25) is 0 Å². The lowest BCUT2D eigenvalue weighted by atomic mass is 9.84. The van der Waals surface area contributed by atoms with Gasteiger partial charge in [-0.25, -0.2) is 0 Å². The van der Waals surface area contributed by atoms with E-state index >= 15 is 0 Å². The quantitative estimate of drug-likeness (QED) is 0.757. The molecule has 0 aliphatic carbocycles. The number of hydrogen-bond acceptors (Lipinski definition) is 3. The first-order chi connectivity index (χ1) is 10.6. The van der Waals surface area contributed by atoms with Crippen molar-refractivity contribution in [2.75, 3.05) is 19.6 Å². The molecule has 1 amide bonds. The number of thioether (sulfide) groups is 1. The van der Waals surface area contributed by atoms with Crippen LogP contribution in [-0.4, -0.2) is 30.8 Å². The van der Waals surface area contributed by atoms with E-state index in [0.717, 1.165) is 19.6 Å². The average Bonchev–Trinajstić information content (AvgIpc) is 2.55. The van der Waals surface area contributed by atoms with Crippen LogP contribution in [0.15, 0.2) is 35.2 Å². The molecule has 0 saturated carbocycles. The van der Waals surface area contributed by atoms with E-state index in [0.29, 0.717) is 23.5 Å². The monoisotopic (exact) mass is 320 g/mol. The zero-order valence-corrected chi connectivity index (χ0v) is 14.5. The number of rotatable bonds is 7. The largest absolute Gasteiger partial charge is 0.355 e. The topological polar surface area (TPSA) is 41.1 Å². The molecule has 1 aromatic rings. The number of hydrogen-bond donors (Lipinski definition) is 2. The van der Waals surface area contributed by atoms with Crippen molar-refractivity contribution in [3.8, 4) is 0 Å². The van der Waals surface area contributed by atoms with Crippen molar-refractivity contribution in [2.45, 2.75) is 43.3 Å². The summed E-state index contributed by atoms with van der Waals surface area (Å²) in [7, 11) is 0. The summed E-state index contributed by atoms with van der Waals surface area (Å²) in [4.78, 5) is 13.4. The van der Waals surface area contributed by atoms with E-state index < -0.39 is 0 Å². The minimum absolute atomic E-state index is 0.201. The average molecular weight is 321 g/mol. The number of amides is 1. The molecule has 1 heterocycles. The molecule has 2 atom stereocenters. The number of nitrogens with one attached hydrogen (secondary N) is 2. The van der Waals surface area contributed by atoms with Gasteiger partial charge < -0.3 is 10.6 Å². The van der Waals surface area contributed by atoms with Gasteiger partial charge in [0.1, 0.15) is 0 Å². The smallest absolute Gasteiger partial charge is 0.220 e. The molecule has 0 radical (unpaired) electrons. The minimum Gasteiger partial charge on any atom is -0.355 e. The van der Waals surface area contributed by atoms with Gasteiger partial charge in [-0.2, -0.15) is 0 Å². The van der Waals surface area contributed by atoms with Crippen LogP contribution in [0.5, 0.6) is 0 Å². The van der Waals surface area contributed by atoms with Crippen LogP contribution in [0.25, 0.3) is 0 Å². The fourth-order valence-electron chi connectivity index (χ4n) is 2.98. The van der Waals surface area contributed by atoms with Gasteiger partial charge >= 0.3 is 0 Å². The highest BCUT2D eigenvalue weighted by atomic mass is 32.2. The van der Waals surface area contributed by atoms with Crippen LogP contribution in [-0.2, 0) is 4.79 Å². The minimum atomic E-state index is 0.201. The Bertz CT molecular complexity index is 446. The predicted molar refractivity (Wildman–Crippen MR) is 94.1 cm³/mol. The van der Waals surface area contributed by atoms with Crippen LogP contribution < -0.4 is 10.6 Å². The normalized spacial score (nSPS) is 18.6. The second kappa shape index (κ2) is 9.21. The van der Waals surface area contributed by atoms with Crippen LogP contribution in [0.3, 0.4) is 0 Å². The van der Waals surface area contributed by atoms with Crippen LogP contribution in [0.1, 0.15) is 33.1 Å². The van der Waals surface area contributed by atoms with E-state index in [9.17, 15) is 4.79 Å². The highest BCUT2D eigenvalue weighted by molar-refractivity contribution is 8.00. The highest BCUT2D eigenvalue weighted by Crippen LogP contribution is 2.24. The van der Waals surface area contributed by atoms with Gasteiger partial charge in [-0.3, -0.25) is 4.79 Å². The Kier molecular flexibility index (Phi) is 7.26. The Labute approximate surface area is 138 Å². The summed E-state index contributed by atoms with van der Waals surface area (Å²) in [5.41, 5.74) is 0. The molecule has 122 valence electrons. The molecule has 2 rings (SSSR count). The summed E-state index contributed by atoms with van der Waals surface area (Å²) in [6.07, 6.45) is 3.07. The Morgan fingerprint density at radius 1 is 1.27 bits per heavy atom. The zero-order valence-electron chi connectivity index (χ0n) is 13.7. The number of carbonyl (C=O) groups excluding carboxylic acids is 1. The maximum Gasteiger partial charge on any atom is 0.220 e. The molecule has 0 aromatic heterocycles. The Morgan fingerprint density at radius 3 is 2.64 bits per heavy atom. The van der Waals surface area contributed by atoms with Gasteiger partial charge in [-0.15, -0.1) is 11.8 Å². The van der Waals surface area contributed by atoms with Crippen molar-refractivity contribution in [3.05, 3.63) is 30.3 Å². The molecule has 4 heteroatoms. The van der Waals surface area contributed by atoms with Crippen molar-refractivity contribution in [1.82, 2.24) is 10.6 Å². The predicted octanol–water partition coefficient (Wildman–Crippen LogP) is 3.31. The molecular weight excluding hydrogens is 292 g/mol. The molecular formula is C18H28N2OS. The molecule has 0 bridgehead atoms. The molecule has 1 saturated heterocycles. The Hall–Kier alpha value is -1.00. The number of carbonyl (C=O) groups is 1. The summed E-state index contributed by atoms with van der Waals surface area (Å²) in [5.74, 6) is 1.38. The van der Waals surface area contributed by atoms with Gasteiger partial charge in [-0.1, -0.05) is 32.0 Å². The van der Waals surface area contributed by atoms with E-state index in [2.05, 4.69) is 36.6 Å². The highest BCUT2D eigenvalue weighted by Gasteiger charge is 2.22. The van der Waals surface area contributed by atoms with Gasteiger partial charge in [0.05, 0.1) is 0 Å². The van der Waals surface area contributed by atoms with Gasteiger partial charge in [-0.05, 0) is 49.9 Å². The van der Waals surface area contributed by atoms with Crippen LogP contribution in [0.4, 0.5) is 0 Å². The summed E-state index contributed by atoms with van der Waals surface area (Å²) in [6, 6.07) is 10.4. The number of benzene rings is 1. The third kappa shape index (κ3) is 6.01. The molecule has 22 heavy (non-hydrogen) atoms. The second-order valence-corrected chi connectivity index (χ2v) is 7.83. The molecule has 1 fully saturated rings. The van der Waals surface area contributed by atoms with Gasteiger partial charge in [0.2, 0.25) is 5.91 Å². The molecule has 1 aliphatic rings. The summed E-state index contributed by atoms with van der Waals surface area (Å²) in [5, 5.41) is 6.87. The van der Waals surface area contributed by atoms with Crippen molar-refractivity contribution in [1.29, 1.82) is 0 Å². The van der Waals surface area contributed by atoms with E-state index in [4.69, 9.17) is 0 Å². The van der Waals surface area contributed by atoms with Crippen molar-refractivity contribution < 1.29 is 4.79 Å². The van der Waals surface area contributed by atoms with Gasteiger partial charge in [0, 0.05) is 23.1 Å². The fourth-order valence-corrected chi connectivity index (χ4v) is 3.92. The molecule has 3 nitrogen and oxygen atoms in total. The van der Waals surface area contributed by atoms with Gasteiger partial charge in [0.25, 0.3) is 0 Å². The first-order valence-corrected chi connectivity index (χ1v) is 9.22. The van der Waals surface area contributed by atoms with E-state index in [1.165, 1.54) is 17.7 Å². The summed E-state index contributed by atoms with van der Waals surface area (Å²) < 4.78 is 0. The maximum atomic E-state index is 12.1. The van der Waals surface area contributed by atoms with Crippen molar-refractivity contribution in [2.24, 2.45) is 11.8 Å². The summed E-state index contributed by atoms with van der Waals surface area (Å²) >= 11 is 1.81. The van der Waals surface area contributed by atoms with Crippen LogP contribution >= 0.6 is 11.8 Å². The van der Waals surface area contributed by atoms with Crippen molar-refractivity contribution >= 4 is 17.7 Å². The van der Waals surface area contributed by atoms with Crippen molar-refractivity contribution in [3.63, 3.8) is 0 Å². The van der Waals surface area contributed by atoms with E-state index in [1.807, 2.05) is 30.0 Å². The van der Waals surface area contributed by atoms with E-state index in [-0.39, 0.29) is 5.91 Å². The maximum absolute atomic E-state index is 12.1. The fraction of sp³-hybridized carbons (Fsp3) is 0.611.